The predicted molar refractivity (Wildman–Crippen MR) is 141 cm³/mol. The fourth-order valence-electron chi connectivity index (χ4n) is 3.89. The Bertz CT molecular complexity index is 1190. The average Bonchev–Trinajstić information content (AvgIpc) is 2.86. The summed E-state index contributed by atoms with van der Waals surface area (Å²) in [4.78, 5) is 32.2. The van der Waals surface area contributed by atoms with Crippen LogP contribution in [0.25, 0.3) is 0 Å². The van der Waals surface area contributed by atoms with Gasteiger partial charge in [0.05, 0.1) is 36.4 Å². The van der Waals surface area contributed by atoms with Gasteiger partial charge < -0.3 is 14.4 Å². The highest BCUT2D eigenvalue weighted by atomic mass is 32.2. The van der Waals surface area contributed by atoms with Gasteiger partial charge in [-0.25, -0.2) is 18.0 Å². The highest BCUT2D eigenvalue weighted by Crippen LogP contribution is 2.24. The molecule has 0 aliphatic carbocycles. The molecule has 2 heterocycles. The van der Waals surface area contributed by atoms with Crippen LogP contribution in [-0.4, -0.2) is 79.9 Å². The van der Waals surface area contributed by atoms with Crippen LogP contribution >= 0.6 is 0 Å². The fraction of sp³-hybridized carbons (Fsp3) is 0.500. The van der Waals surface area contributed by atoms with Crippen LogP contribution in [0.15, 0.2) is 42.6 Å². The Labute approximate surface area is 219 Å². The molecule has 1 fully saturated rings. The lowest BCUT2D eigenvalue weighted by Crippen LogP contribution is -2.49. The number of pyridine rings is 1. The van der Waals surface area contributed by atoms with Crippen molar-refractivity contribution in [2.24, 2.45) is 0 Å². The molecule has 0 N–H and O–H groups in total. The van der Waals surface area contributed by atoms with Gasteiger partial charge in [0.1, 0.15) is 5.60 Å². The van der Waals surface area contributed by atoms with E-state index in [1.54, 1.807) is 30.0 Å². The summed E-state index contributed by atoms with van der Waals surface area (Å²) in [6, 6.07) is 10.6. The van der Waals surface area contributed by atoms with Gasteiger partial charge in [0.2, 0.25) is 10.0 Å². The van der Waals surface area contributed by atoms with Gasteiger partial charge in [0.25, 0.3) is 0 Å². The van der Waals surface area contributed by atoms with E-state index in [0.717, 1.165) is 5.56 Å². The Balaban J connectivity index is 1.71. The Morgan fingerprint density at radius 1 is 1.08 bits per heavy atom. The third kappa shape index (κ3) is 7.90. The number of esters is 1. The summed E-state index contributed by atoms with van der Waals surface area (Å²) in [6.45, 7) is 10.3. The van der Waals surface area contributed by atoms with E-state index in [4.69, 9.17) is 9.47 Å². The summed E-state index contributed by atoms with van der Waals surface area (Å²) in [6.07, 6.45) is 1.08. The third-order valence-electron chi connectivity index (χ3n) is 5.88. The third-order valence-corrected chi connectivity index (χ3v) is 7.62. The molecule has 1 aromatic heterocycles. The molecule has 1 aliphatic heterocycles. The number of piperazine rings is 1. The predicted octanol–water partition coefficient (Wildman–Crippen LogP) is 3.28. The molecular weight excluding hydrogens is 496 g/mol. The molecule has 0 unspecified atom stereocenters. The van der Waals surface area contributed by atoms with Crippen LogP contribution in [0.3, 0.4) is 0 Å². The Morgan fingerprint density at radius 3 is 2.35 bits per heavy atom. The van der Waals surface area contributed by atoms with Gasteiger partial charge in [-0.3, -0.25) is 14.2 Å². The number of aromatic nitrogens is 1. The van der Waals surface area contributed by atoms with Crippen molar-refractivity contribution in [2.45, 2.75) is 46.4 Å². The molecule has 1 saturated heterocycles. The van der Waals surface area contributed by atoms with Gasteiger partial charge in [-0.1, -0.05) is 12.1 Å². The maximum absolute atomic E-state index is 13.0. The number of anilines is 1. The molecule has 0 saturated carbocycles. The zero-order chi connectivity index (χ0) is 27.2. The van der Waals surface area contributed by atoms with Crippen LogP contribution in [0.1, 0.15) is 49.3 Å². The van der Waals surface area contributed by atoms with Gasteiger partial charge in [0, 0.05) is 38.9 Å². The fourth-order valence-corrected chi connectivity index (χ4v) is 4.97. The van der Waals surface area contributed by atoms with Gasteiger partial charge in [0.15, 0.2) is 0 Å². The molecule has 0 radical (unpaired) electrons. The number of carbonyl (C=O) groups is 2. The normalized spacial score (nSPS) is 14.8. The van der Waals surface area contributed by atoms with Crippen molar-refractivity contribution in [1.29, 1.82) is 0 Å². The van der Waals surface area contributed by atoms with Crippen molar-refractivity contribution in [3.63, 3.8) is 0 Å². The van der Waals surface area contributed by atoms with Crippen LogP contribution < -0.4 is 4.31 Å². The maximum Gasteiger partial charge on any atom is 0.410 e. The Morgan fingerprint density at radius 2 is 1.78 bits per heavy atom. The topological polar surface area (TPSA) is 109 Å². The lowest BCUT2D eigenvalue weighted by molar-refractivity contribution is 0.0139. The van der Waals surface area contributed by atoms with Crippen LogP contribution in [0.5, 0.6) is 0 Å². The molecule has 1 aromatic carbocycles. The molecule has 3 rings (SSSR count). The average molecular weight is 533 g/mol. The second-order valence-corrected chi connectivity index (χ2v) is 12.0. The highest BCUT2D eigenvalue weighted by molar-refractivity contribution is 7.92. The van der Waals surface area contributed by atoms with E-state index in [1.807, 2.05) is 39.0 Å². The first-order valence-corrected chi connectivity index (χ1v) is 13.9. The Hall–Kier alpha value is -3.18. The molecule has 0 atom stereocenters. The van der Waals surface area contributed by atoms with Gasteiger partial charge in [-0.15, -0.1) is 0 Å². The molecular formula is C26H36N4O6S. The molecule has 0 bridgehead atoms. The van der Waals surface area contributed by atoms with Crippen molar-refractivity contribution >= 4 is 27.8 Å². The number of hydrogen-bond donors (Lipinski definition) is 0. The SMILES string of the molecule is CCS(=O)(=O)N(Cc1ccc(C(=O)OC)cn1)c1cccc(CN2CCN(C(=O)OC(C)(C)C)CC2)c1. The number of methoxy groups -OCH3 is 1. The molecule has 0 spiro atoms. The number of carbonyl (C=O) groups excluding carboxylic acids is 2. The van der Waals surface area contributed by atoms with E-state index < -0.39 is 21.6 Å². The standard InChI is InChI=1S/C26H36N4O6S/c1-6-37(33,34)30(19-22-11-10-21(17-27-22)24(31)35-5)23-9-7-8-20(16-23)18-28-12-14-29(15-13-28)25(32)36-26(2,3)4/h7-11,16-17H,6,12-15,18-19H2,1-5H3. The first kappa shape index (κ1) is 28.4. The molecule has 202 valence electrons. The number of rotatable bonds is 8. The number of amides is 1. The second kappa shape index (κ2) is 11.9. The Kier molecular flexibility index (Phi) is 9.14. The number of nitrogens with zero attached hydrogens (tertiary/aromatic N) is 4. The van der Waals surface area contributed by atoms with E-state index in [9.17, 15) is 18.0 Å². The first-order chi connectivity index (χ1) is 17.4. The first-order valence-electron chi connectivity index (χ1n) is 12.2. The minimum absolute atomic E-state index is 0.0373. The number of ether oxygens (including phenoxy) is 2. The molecule has 11 heteroatoms. The smallest absolute Gasteiger partial charge is 0.410 e. The van der Waals surface area contributed by atoms with Crippen molar-refractivity contribution < 1.29 is 27.5 Å². The summed E-state index contributed by atoms with van der Waals surface area (Å²) < 4.78 is 37.5. The van der Waals surface area contributed by atoms with Gasteiger partial charge in [-0.05, 0) is 57.5 Å². The van der Waals surface area contributed by atoms with E-state index in [-0.39, 0.29) is 18.4 Å². The van der Waals surface area contributed by atoms with Crippen molar-refractivity contribution in [3.8, 4) is 0 Å². The highest BCUT2D eigenvalue weighted by Gasteiger charge is 2.26. The second-order valence-electron chi connectivity index (χ2n) is 9.85. The molecule has 10 nitrogen and oxygen atoms in total. The number of hydrogen-bond acceptors (Lipinski definition) is 8. The lowest BCUT2D eigenvalue weighted by Gasteiger charge is -2.35. The lowest BCUT2D eigenvalue weighted by atomic mass is 10.1. The van der Waals surface area contributed by atoms with Crippen LogP contribution in [0.4, 0.5) is 10.5 Å². The minimum atomic E-state index is -3.59. The molecule has 1 amide bonds. The van der Waals surface area contributed by atoms with Gasteiger partial charge >= 0.3 is 12.1 Å². The van der Waals surface area contributed by atoms with E-state index in [2.05, 4.69) is 9.88 Å². The quantitative estimate of drug-likeness (QED) is 0.477. The molecule has 2 aromatic rings. The maximum atomic E-state index is 13.0. The summed E-state index contributed by atoms with van der Waals surface area (Å²) >= 11 is 0. The van der Waals surface area contributed by atoms with Crippen LogP contribution in [0.2, 0.25) is 0 Å². The minimum Gasteiger partial charge on any atom is -0.465 e. The number of benzene rings is 1. The summed E-state index contributed by atoms with van der Waals surface area (Å²) in [5.41, 5.74) is 1.79. The molecule has 37 heavy (non-hydrogen) atoms. The van der Waals surface area contributed by atoms with E-state index >= 15 is 0 Å². The largest absolute Gasteiger partial charge is 0.465 e. The van der Waals surface area contributed by atoms with E-state index in [1.165, 1.54) is 17.6 Å². The zero-order valence-corrected chi connectivity index (χ0v) is 23.0. The van der Waals surface area contributed by atoms with Crippen LogP contribution in [-0.2, 0) is 32.6 Å². The van der Waals surface area contributed by atoms with Crippen molar-refractivity contribution in [2.75, 3.05) is 43.3 Å². The summed E-state index contributed by atoms with van der Waals surface area (Å²) in [7, 11) is -2.30. The zero-order valence-electron chi connectivity index (χ0n) is 22.1. The summed E-state index contributed by atoms with van der Waals surface area (Å²) in [5.74, 6) is -0.568. The molecule has 1 aliphatic rings. The number of sulfonamides is 1. The van der Waals surface area contributed by atoms with Gasteiger partial charge in [-0.2, -0.15) is 0 Å². The van der Waals surface area contributed by atoms with Crippen LogP contribution in [0, 0.1) is 0 Å². The van der Waals surface area contributed by atoms with E-state index in [0.29, 0.717) is 49.7 Å². The van der Waals surface area contributed by atoms with Crippen molar-refractivity contribution in [3.05, 3.63) is 59.4 Å². The summed E-state index contributed by atoms with van der Waals surface area (Å²) in [5, 5.41) is 0. The monoisotopic (exact) mass is 532 g/mol. The van der Waals surface area contributed by atoms with Crippen molar-refractivity contribution in [1.82, 2.24) is 14.8 Å².